The van der Waals surface area contributed by atoms with Gasteiger partial charge in [-0.25, -0.2) is 4.79 Å². The SMILES string of the molecule is CCOC(=O)/C(=C/c1ccc(C)cc1[N+](=O)[O-])CC.O=C=O. The minimum absolute atomic E-state index is 0.00440. The van der Waals surface area contributed by atoms with Crippen molar-refractivity contribution >= 4 is 23.9 Å². The zero-order valence-electron chi connectivity index (χ0n) is 12.6. The third-order valence-corrected chi connectivity index (χ3v) is 2.63. The molecule has 0 bridgehead atoms. The van der Waals surface area contributed by atoms with Crippen LogP contribution < -0.4 is 0 Å². The van der Waals surface area contributed by atoms with Crippen molar-refractivity contribution in [3.8, 4) is 0 Å². The normalized spacial score (nSPS) is 10.0. The highest BCUT2D eigenvalue weighted by Crippen LogP contribution is 2.23. The van der Waals surface area contributed by atoms with Crippen LogP contribution in [0.15, 0.2) is 23.8 Å². The first kappa shape index (κ1) is 19.2. The lowest BCUT2D eigenvalue weighted by atomic mass is 10.1. The number of nitrogens with zero attached hydrogens (tertiary/aromatic N) is 1. The summed E-state index contributed by atoms with van der Waals surface area (Å²) in [6.45, 7) is 5.60. The Morgan fingerprint density at radius 2 is 1.95 bits per heavy atom. The Labute approximate surface area is 127 Å². The highest BCUT2D eigenvalue weighted by Gasteiger charge is 2.15. The Morgan fingerprint density at radius 1 is 1.36 bits per heavy atom. The molecule has 0 N–H and O–H groups in total. The van der Waals surface area contributed by atoms with Crippen molar-refractivity contribution in [2.45, 2.75) is 27.2 Å². The highest BCUT2D eigenvalue weighted by atomic mass is 16.6. The number of carbonyl (C=O) groups is 1. The summed E-state index contributed by atoms with van der Waals surface area (Å²) >= 11 is 0. The minimum atomic E-state index is -0.447. The van der Waals surface area contributed by atoms with Gasteiger partial charge in [0.1, 0.15) is 0 Å². The van der Waals surface area contributed by atoms with Crippen LogP contribution in [0.2, 0.25) is 0 Å². The predicted octanol–water partition coefficient (Wildman–Crippen LogP) is 2.68. The fourth-order valence-electron chi connectivity index (χ4n) is 1.65. The number of hydrogen-bond donors (Lipinski definition) is 0. The molecular weight excluding hydrogens is 290 g/mol. The molecule has 7 nitrogen and oxygen atoms in total. The third-order valence-electron chi connectivity index (χ3n) is 2.63. The number of ether oxygens (including phenoxy) is 1. The summed E-state index contributed by atoms with van der Waals surface area (Å²) < 4.78 is 4.91. The number of carbonyl (C=O) groups excluding carboxylic acids is 3. The molecule has 118 valence electrons. The van der Waals surface area contributed by atoms with Crippen molar-refractivity contribution < 1.29 is 24.0 Å². The summed E-state index contributed by atoms with van der Waals surface area (Å²) in [7, 11) is 0. The van der Waals surface area contributed by atoms with Gasteiger partial charge in [0.15, 0.2) is 0 Å². The average molecular weight is 307 g/mol. The number of nitro benzene ring substituents is 1. The number of nitro groups is 1. The summed E-state index contributed by atoms with van der Waals surface area (Å²) in [5, 5.41) is 11.0. The molecule has 0 aliphatic heterocycles. The van der Waals surface area contributed by atoms with Crippen molar-refractivity contribution in [1.82, 2.24) is 0 Å². The van der Waals surface area contributed by atoms with Gasteiger partial charge in [0.05, 0.1) is 17.1 Å². The van der Waals surface area contributed by atoms with E-state index in [1.54, 1.807) is 26.0 Å². The minimum Gasteiger partial charge on any atom is -0.463 e. The standard InChI is InChI=1S/C14H17NO4.CO2/c1-4-11(14(16)19-5-2)9-12-7-6-10(3)8-13(12)15(17)18;2-1-3/h6-9H,4-5H2,1-3H3;/b11-9+;. The van der Waals surface area contributed by atoms with E-state index in [9.17, 15) is 14.9 Å². The second-order valence-electron chi connectivity index (χ2n) is 4.15. The van der Waals surface area contributed by atoms with Gasteiger partial charge in [0.25, 0.3) is 5.69 Å². The summed E-state index contributed by atoms with van der Waals surface area (Å²) in [6.07, 6.45) is 2.24. The van der Waals surface area contributed by atoms with Crippen LogP contribution in [-0.4, -0.2) is 23.7 Å². The van der Waals surface area contributed by atoms with Gasteiger partial charge in [-0.15, -0.1) is 0 Å². The van der Waals surface area contributed by atoms with Gasteiger partial charge in [-0.3, -0.25) is 10.1 Å². The predicted molar refractivity (Wildman–Crippen MR) is 77.7 cm³/mol. The molecule has 0 atom stereocenters. The van der Waals surface area contributed by atoms with E-state index in [0.29, 0.717) is 17.6 Å². The summed E-state index contributed by atoms with van der Waals surface area (Å²) in [4.78, 5) is 38.5. The zero-order chi connectivity index (χ0) is 17.1. The van der Waals surface area contributed by atoms with Gasteiger partial charge in [0.2, 0.25) is 0 Å². The van der Waals surface area contributed by atoms with Crippen LogP contribution in [0, 0.1) is 17.0 Å². The third kappa shape index (κ3) is 6.11. The molecular formula is C15H17NO6. The molecule has 0 saturated heterocycles. The number of hydrogen-bond acceptors (Lipinski definition) is 6. The fraction of sp³-hybridized carbons (Fsp3) is 0.333. The lowest BCUT2D eigenvalue weighted by Gasteiger charge is -2.05. The number of aryl methyl sites for hydroxylation is 1. The lowest BCUT2D eigenvalue weighted by molar-refractivity contribution is -0.385. The van der Waals surface area contributed by atoms with Gasteiger partial charge < -0.3 is 4.74 Å². The first-order valence-electron chi connectivity index (χ1n) is 6.53. The van der Waals surface area contributed by atoms with Crippen molar-refractivity contribution in [3.05, 3.63) is 45.0 Å². The first-order chi connectivity index (χ1) is 10.4. The van der Waals surface area contributed by atoms with E-state index in [1.165, 1.54) is 12.1 Å². The molecule has 0 heterocycles. The quantitative estimate of drug-likeness (QED) is 0.358. The van der Waals surface area contributed by atoms with Gasteiger partial charge in [-0.1, -0.05) is 13.0 Å². The molecule has 0 aromatic heterocycles. The van der Waals surface area contributed by atoms with Crippen molar-refractivity contribution in [3.63, 3.8) is 0 Å². The average Bonchev–Trinajstić information content (AvgIpc) is 2.46. The largest absolute Gasteiger partial charge is 0.463 e. The molecule has 0 saturated carbocycles. The van der Waals surface area contributed by atoms with Crippen molar-refractivity contribution in [1.29, 1.82) is 0 Å². The zero-order valence-corrected chi connectivity index (χ0v) is 12.6. The van der Waals surface area contributed by atoms with E-state index >= 15 is 0 Å². The maximum atomic E-state index is 11.7. The van der Waals surface area contributed by atoms with Gasteiger partial charge >= 0.3 is 12.1 Å². The maximum Gasteiger partial charge on any atom is 0.373 e. The summed E-state index contributed by atoms with van der Waals surface area (Å²) in [5.41, 5.74) is 1.64. The second kappa shape index (κ2) is 10.0. The Kier molecular flexibility index (Phi) is 8.74. The van der Waals surface area contributed by atoms with E-state index in [4.69, 9.17) is 14.3 Å². The lowest BCUT2D eigenvalue weighted by Crippen LogP contribution is -2.07. The monoisotopic (exact) mass is 307 g/mol. The molecule has 7 heteroatoms. The Hall–Kier alpha value is -2.79. The topological polar surface area (TPSA) is 104 Å². The van der Waals surface area contributed by atoms with Crippen LogP contribution in [0.4, 0.5) is 5.69 Å². The van der Waals surface area contributed by atoms with Crippen LogP contribution in [0.3, 0.4) is 0 Å². The molecule has 22 heavy (non-hydrogen) atoms. The number of rotatable bonds is 5. The molecule has 0 aliphatic carbocycles. The highest BCUT2D eigenvalue weighted by molar-refractivity contribution is 5.94. The van der Waals surface area contributed by atoms with E-state index in [1.807, 2.05) is 6.92 Å². The van der Waals surface area contributed by atoms with Gasteiger partial charge in [0, 0.05) is 11.6 Å². The van der Waals surface area contributed by atoms with E-state index in [2.05, 4.69) is 0 Å². The van der Waals surface area contributed by atoms with E-state index in [-0.39, 0.29) is 18.4 Å². The van der Waals surface area contributed by atoms with Crippen LogP contribution in [0.1, 0.15) is 31.4 Å². The molecule has 0 spiro atoms. The smallest absolute Gasteiger partial charge is 0.373 e. The Morgan fingerprint density at radius 3 is 2.41 bits per heavy atom. The maximum absolute atomic E-state index is 11.7. The van der Waals surface area contributed by atoms with Crippen molar-refractivity contribution in [2.75, 3.05) is 6.61 Å². The molecule has 0 amide bonds. The Bertz CT molecular complexity index is 600. The van der Waals surface area contributed by atoms with E-state index in [0.717, 1.165) is 5.56 Å². The van der Waals surface area contributed by atoms with Crippen molar-refractivity contribution in [2.24, 2.45) is 0 Å². The molecule has 1 aromatic rings. The van der Waals surface area contributed by atoms with Gasteiger partial charge in [-0.05, 0) is 38.0 Å². The molecule has 0 aliphatic rings. The summed E-state index contributed by atoms with van der Waals surface area (Å²) in [5.74, 6) is -0.431. The number of benzene rings is 1. The first-order valence-corrected chi connectivity index (χ1v) is 6.53. The molecule has 0 unspecified atom stereocenters. The van der Waals surface area contributed by atoms with Crippen LogP contribution in [0.5, 0.6) is 0 Å². The second-order valence-corrected chi connectivity index (χ2v) is 4.15. The van der Waals surface area contributed by atoms with Gasteiger partial charge in [-0.2, -0.15) is 9.59 Å². The molecule has 0 radical (unpaired) electrons. The number of esters is 1. The van der Waals surface area contributed by atoms with Crippen LogP contribution in [0.25, 0.3) is 6.08 Å². The fourth-order valence-corrected chi connectivity index (χ4v) is 1.65. The summed E-state index contributed by atoms with van der Waals surface area (Å²) in [6, 6.07) is 4.91. The molecule has 1 rings (SSSR count). The van der Waals surface area contributed by atoms with E-state index < -0.39 is 10.9 Å². The molecule has 1 aromatic carbocycles. The van der Waals surface area contributed by atoms with Crippen LogP contribution >= 0.6 is 0 Å². The van der Waals surface area contributed by atoms with Crippen LogP contribution in [-0.2, 0) is 19.1 Å². The molecule has 0 fully saturated rings. The Balaban J connectivity index is 0.00000135.